The van der Waals surface area contributed by atoms with Crippen LogP contribution in [-0.2, 0) is 11.3 Å². The van der Waals surface area contributed by atoms with Gasteiger partial charge in [-0.05, 0) is 24.6 Å². The van der Waals surface area contributed by atoms with E-state index in [0.29, 0.717) is 19.7 Å². The van der Waals surface area contributed by atoms with Crippen LogP contribution in [0.25, 0.3) is 0 Å². The fraction of sp³-hybridized carbons (Fsp3) is 0.353. The SMILES string of the molecule is CC1CN(C(=O)NCc2ccco2)C(c2ccccc2)CO1. The lowest BCUT2D eigenvalue weighted by atomic mass is 10.0. The Bertz CT molecular complexity index is 598. The predicted molar refractivity (Wildman–Crippen MR) is 82.2 cm³/mol. The number of nitrogens with one attached hydrogen (secondary N) is 1. The Morgan fingerprint density at radius 3 is 2.82 bits per heavy atom. The van der Waals surface area contributed by atoms with E-state index in [1.807, 2.05) is 54.3 Å². The Labute approximate surface area is 129 Å². The van der Waals surface area contributed by atoms with Crippen LogP contribution in [0.3, 0.4) is 0 Å². The molecule has 2 unspecified atom stereocenters. The number of carbonyl (C=O) groups excluding carboxylic acids is 1. The van der Waals surface area contributed by atoms with Crippen molar-refractivity contribution in [3.05, 3.63) is 60.1 Å². The topological polar surface area (TPSA) is 54.7 Å². The molecule has 1 aromatic carbocycles. The first-order valence-electron chi connectivity index (χ1n) is 7.47. The van der Waals surface area contributed by atoms with E-state index >= 15 is 0 Å². The molecular formula is C17H20N2O3. The van der Waals surface area contributed by atoms with E-state index in [-0.39, 0.29) is 18.2 Å². The number of carbonyl (C=O) groups is 1. The van der Waals surface area contributed by atoms with Gasteiger partial charge in [-0.15, -0.1) is 0 Å². The molecule has 1 fully saturated rings. The highest BCUT2D eigenvalue weighted by Gasteiger charge is 2.31. The van der Waals surface area contributed by atoms with Gasteiger partial charge in [0.2, 0.25) is 0 Å². The third-order valence-electron chi connectivity index (χ3n) is 3.81. The predicted octanol–water partition coefficient (Wildman–Crippen LogP) is 2.95. The summed E-state index contributed by atoms with van der Waals surface area (Å²) >= 11 is 0. The van der Waals surface area contributed by atoms with Crippen molar-refractivity contribution >= 4 is 6.03 Å². The van der Waals surface area contributed by atoms with Crippen molar-refractivity contribution in [2.24, 2.45) is 0 Å². The zero-order valence-corrected chi connectivity index (χ0v) is 12.6. The molecule has 1 aliphatic heterocycles. The lowest BCUT2D eigenvalue weighted by molar-refractivity contribution is -0.0382. The van der Waals surface area contributed by atoms with E-state index < -0.39 is 0 Å². The normalized spacial score (nSPS) is 21.6. The summed E-state index contributed by atoms with van der Waals surface area (Å²) in [5.41, 5.74) is 1.09. The minimum absolute atomic E-state index is 0.0364. The van der Waals surface area contributed by atoms with Crippen molar-refractivity contribution in [1.29, 1.82) is 0 Å². The molecule has 0 spiro atoms. The van der Waals surface area contributed by atoms with Gasteiger partial charge in [-0.3, -0.25) is 0 Å². The monoisotopic (exact) mass is 300 g/mol. The van der Waals surface area contributed by atoms with E-state index in [2.05, 4.69) is 5.32 Å². The average molecular weight is 300 g/mol. The van der Waals surface area contributed by atoms with Gasteiger partial charge in [0.05, 0.1) is 31.6 Å². The van der Waals surface area contributed by atoms with Crippen LogP contribution < -0.4 is 5.32 Å². The van der Waals surface area contributed by atoms with Crippen LogP contribution in [0.5, 0.6) is 0 Å². The summed E-state index contributed by atoms with van der Waals surface area (Å²) < 4.78 is 11.0. The third-order valence-corrected chi connectivity index (χ3v) is 3.81. The summed E-state index contributed by atoms with van der Waals surface area (Å²) in [6.45, 7) is 3.45. The number of ether oxygens (including phenoxy) is 1. The van der Waals surface area contributed by atoms with Crippen LogP contribution in [0.2, 0.25) is 0 Å². The van der Waals surface area contributed by atoms with Crippen molar-refractivity contribution in [1.82, 2.24) is 10.2 Å². The molecular weight excluding hydrogens is 280 g/mol. The van der Waals surface area contributed by atoms with Crippen molar-refractivity contribution in [3.8, 4) is 0 Å². The number of morpholine rings is 1. The van der Waals surface area contributed by atoms with Gasteiger partial charge in [0.25, 0.3) is 0 Å². The number of urea groups is 1. The molecule has 2 aromatic rings. The second kappa shape index (κ2) is 6.66. The minimum Gasteiger partial charge on any atom is -0.467 e. The zero-order valence-electron chi connectivity index (χ0n) is 12.6. The summed E-state index contributed by atoms with van der Waals surface area (Å²) in [6.07, 6.45) is 1.64. The molecule has 3 rings (SSSR count). The third kappa shape index (κ3) is 3.31. The molecule has 0 bridgehead atoms. The Hall–Kier alpha value is -2.27. The molecule has 0 aliphatic carbocycles. The molecule has 1 aliphatic rings. The lowest BCUT2D eigenvalue weighted by Crippen LogP contribution is -2.50. The van der Waals surface area contributed by atoms with Gasteiger partial charge in [-0.1, -0.05) is 30.3 Å². The zero-order chi connectivity index (χ0) is 15.4. The molecule has 22 heavy (non-hydrogen) atoms. The van der Waals surface area contributed by atoms with Crippen molar-refractivity contribution in [2.45, 2.75) is 25.6 Å². The van der Waals surface area contributed by atoms with Crippen LogP contribution in [0.1, 0.15) is 24.3 Å². The lowest BCUT2D eigenvalue weighted by Gasteiger charge is -2.38. The number of furan rings is 1. The highest BCUT2D eigenvalue weighted by atomic mass is 16.5. The van der Waals surface area contributed by atoms with Crippen LogP contribution in [0.15, 0.2) is 53.1 Å². The summed E-state index contributed by atoms with van der Waals surface area (Å²) in [5, 5.41) is 2.91. The summed E-state index contributed by atoms with van der Waals surface area (Å²) in [7, 11) is 0. The molecule has 0 radical (unpaired) electrons. The quantitative estimate of drug-likeness (QED) is 0.948. The number of rotatable bonds is 3. The number of amides is 2. The second-order valence-electron chi connectivity index (χ2n) is 5.46. The Balaban J connectivity index is 1.70. The highest BCUT2D eigenvalue weighted by Crippen LogP contribution is 2.26. The van der Waals surface area contributed by atoms with Gasteiger partial charge in [0, 0.05) is 6.54 Å². The van der Waals surface area contributed by atoms with Gasteiger partial charge in [-0.2, -0.15) is 0 Å². The maximum Gasteiger partial charge on any atom is 0.318 e. The summed E-state index contributed by atoms with van der Waals surface area (Å²) in [6, 6.07) is 13.5. The Kier molecular flexibility index (Phi) is 4.44. The minimum atomic E-state index is -0.0968. The summed E-state index contributed by atoms with van der Waals surface area (Å²) in [4.78, 5) is 14.4. The van der Waals surface area contributed by atoms with E-state index in [0.717, 1.165) is 11.3 Å². The molecule has 5 heteroatoms. The van der Waals surface area contributed by atoms with E-state index in [9.17, 15) is 4.79 Å². The van der Waals surface area contributed by atoms with Gasteiger partial charge in [0.1, 0.15) is 5.76 Å². The molecule has 5 nitrogen and oxygen atoms in total. The van der Waals surface area contributed by atoms with Crippen LogP contribution in [0, 0.1) is 0 Å². The van der Waals surface area contributed by atoms with Crippen LogP contribution in [0.4, 0.5) is 4.79 Å². The first kappa shape index (κ1) is 14.7. The molecule has 1 saturated heterocycles. The fourth-order valence-electron chi connectivity index (χ4n) is 2.66. The molecule has 1 aromatic heterocycles. The van der Waals surface area contributed by atoms with Gasteiger partial charge < -0.3 is 19.4 Å². The van der Waals surface area contributed by atoms with Crippen LogP contribution in [-0.4, -0.2) is 30.2 Å². The molecule has 2 amide bonds. The fourth-order valence-corrected chi connectivity index (χ4v) is 2.66. The summed E-state index contributed by atoms with van der Waals surface area (Å²) in [5.74, 6) is 0.742. The van der Waals surface area contributed by atoms with Crippen LogP contribution >= 0.6 is 0 Å². The highest BCUT2D eigenvalue weighted by molar-refractivity contribution is 5.75. The van der Waals surface area contributed by atoms with E-state index in [1.54, 1.807) is 6.26 Å². The molecule has 116 valence electrons. The molecule has 2 heterocycles. The van der Waals surface area contributed by atoms with Gasteiger partial charge in [0.15, 0.2) is 0 Å². The first-order chi connectivity index (χ1) is 10.7. The van der Waals surface area contributed by atoms with E-state index in [4.69, 9.17) is 9.15 Å². The van der Waals surface area contributed by atoms with Crippen molar-refractivity contribution in [2.75, 3.05) is 13.2 Å². The molecule has 0 saturated carbocycles. The Morgan fingerprint density at radius 1 is 1.27 bits per heavy atom. The smallest absolute Gasteiger partial charge is 0.318 e. The van der Waals surface area contributed by atoms with E-state index in [1.165, 1.54) is 0 Å². The number of hydrogen-bond acceptors (Lipinski definition) is 3. The largest absolute Gasteiger partial charge is 0.467 e. The number of benzene rings is 1. The van der Waals surface area contributed by atoms with Crippen molar-refractivity contribution < 1.29 is 13.9 Å². The molecule has 2 atom stereocenters. The molecule has 1 N–H and O–H groups in total. The Morgan fingerprint density at radius 2 is 2.09 bits per heavy atom. The maximum atomic E-state index is 12.5. The second-order valence-corrected chi connectivity index (χ2v) is 5.46. The average Bonchev–Trinajstić information content (AvgIpc) is 3.07. The number of hydrogen-bond donors (Lipinski definition) is 1. The maximum absolute atomic E-state index is 12.5. The first-order valence-corrected chi connectivity index (χ1v) is 7.47. The number of nitrogens with zero attached hydrogens (tertiary/aromatic N) is 1. The van der Waals surface area contributed by atoms with Crippen molar-refractivity contribution in [3.63, 3.8) is 0 Å². The standard InChI is InChI=1S/C17H20N2O3/c1-13-11-19(17(20)18-10-15-8-5-9-21-15)16(12-22-13)14-6-3-2-4-7-14/h2-9,13,16H,10-12H2,1H3,(H,18,20). The van der Waals surface area contributed by atoms with Gasteiger partial charge in [-0.25, -0.2) is 4.79 Å². The van der Waals surface area contributed by atoms with Gasteiger partial charge >= 0.3 is 6.03 Å².